The number of benzene rings is 1. The van der Waals surface area contributed by atoms with E-state index in [9.17, 15) is 19.9 Å². The van der Waals surface area contributed by atoms with E-state index < -0.39 is 49.7 Å². The molecular formula is C24H30FN6O8P. The van der Waals surface area contributed by atoms with Gasteiger partial charge in [0, 0.05) is 0 Å². The van der Waals surface area contributed by atoms with Crippen LogP contribution in [0.5, 0.6) is 17.4 Å². The zero-order chi connectivity index (χ0) is 29.4. The zero-order valence-electron chi connectivity index (χ0n) is 22.4. The van der Waals surface area contributed by atoms with Crippen LogP contribution in [-0.2, 0) is 9.53 Å². The highest BCUT2D eigenvalue weighted by molar-refractivity contribution is 7.34. The maximum absolute atomic E-state index is 15.8. The summed E-state index contributed by atoms with van der Waals surface area (Å²) in [5.41, 5.74) is 2.20. The lowest BCUT2D eigenvalue weighted by molar-refractivity contribution is -0.170. The SMILES string of the molecule is COc1nc(N)nc2c1ncn2[C@@H]1O[C@H](COc2ccccc2O[P+]([O-])=N[C@](C)(C(=O)O)C(C)C)[C@@H](O)[C@@]1(C)F. The normalized spacial score (nSPS) is 24.7. The van der Waals surface area contributed by atoms with Crippen molar-refractivity contribution in [2.75, 3.05) is 19.5 Å². The quantitative estimate of drug-likeness (QED) is 0.296. The van der Waals surface area contributed by atoms with E-state index in [2.05, 4.69) is 19.7 Å². The van der Waals surface area contributed by atoms with Gasteiger partial charge in [-0.1, -0.05) is 30.7 Å². The number of nitrogen functional groups attached to an aromatic ring is 1. The van der Waals surface area contributed by atoms with Gasteiger partial charge in [-0.25, -0.2) is 14.2 Å². The second-order valence-electron chi connectivity index (χ2n) is 9.83. The van der Waals surface area contributed by atoms with Crippen molar-refractivity contribution in [1.29, 1.82) is 0 Å². The molecular weight excluding hydrogens is 550 g/mol. The van der Waals surface area contributed by atoms with E-state index in [-0.39, 0.29) is 41.1 Å². The van der Waals surface area contributed by atoms with Gasteiger partial charge in [0.25, 0.3) is 0 Å². The molecule has 14 nitrogen and oxygen atoms in total. The number of halogens is 1. The Hall–Kier alpha value is -3.65. The molecule has 0 aliphatic carbocycles. The number of carbonyl (C=O) groups is 1. The lowest BCUT2D eigenvalue weighted by Crippen LogP contribution is -2.41. The number of carboxylic acids is 1. The third-order valence-electron chi connectivity index (χ3n) is 6.85. The number of aliphatic hydroxyl groups excluding tert-OH is 1. The predicted octanol–water partition coefficient (Wildman–Crippen LogP) is 2.22. The molecule has 0 bridgehead atoms. The lowest BCUT2D eigenvalue weighted by Gasteiger charge is -2.24. The van der Waals surface area contributed by atoms with Gasteiger partial charge < -0.3 is 35.1 Å². The van der Waals surface area contributed by atoms with Crippen molar-refractivity contribution in [3.63, 3.8) is 0 Å². The molecule has 1 aliphatic rings. The molecule has 1 saturated heterocycles. The summed E-state index contributed by atoms with van der Waals surface area (Å²) in [5, 5.41) is 20.3. The standard InChI is InChI=1S/C24H30FN6O8P/c1-12(2)24(4,21(33)34)30-40(35)39-14-9-7-6-8-13(14)37-10-15-17(32)23(3,25)20(38-15)31-11-27-16-18(31)28-22(26)29-19(16)36-5/h6-9,11-12,15,17,20,32H,10H2,1-5H3,(H,33,34)(H2,26,28,29)/t15-,17-,20-,23-,24+/m1/s1. The number of hydrogen-bond donors (Lipinski definition) is 3. The third-order valence-corrected chi connectivity index (χ3v) is 7.78. The molecule has 1 aromatic carbocycles. The summed E-state index contributed by atoms with van der Waals surface area (Å²) in [7, 11) is -1.42. The van der Waals surface area contributed by atoms with Gasteiger partial charge in [-0.2, -0.15) is 9.97 Å². The number of aliphatic hydroxyl groups is 1. The van der Waals surface area contributed by atoms with Crippen LogP contribution in [0.2, 0.25) is 0 Å². The Morgan fingerprint density at radius 2 is 2.05 bits per heavy atom. The Bertz CT molecular complexity index is 1440. The predicted molar refractivity (Wildman–Crippen MR) is 139 cm³/mol. The van der Waals surface area contributed by atoms with Gasteiger partial charge in [0.15, 0.2) is 28.8 Å². The molecule has 4 N–H and O–H groups in total. The first-order valence-corrected chi connectivity index (χ1v) is 13.3. The Balaban J connectivity index is 1.54. The largest absolute Gasteiger partial charge is 0.575 e. The van der Waals surface area contributed by atoms with E-state index in [0.29, 0.717) is 0 Å². The monoisotopic (exact) mass is 580 g/mol. The summed E-state index contributed by atoms with van der Waals surface area (Å²) in [6, 6.07) is 6.16. The smallest absolute Gasteiger partial charge is 0.395 e. The van der Waals surface area contributed by atoms with Crippen LogP contribution in [0.25, 0.3) is 11.2 Å². The van der Waals surface area contributed by atoms with E-state index in [4.69, 9.17) is 24.5 Å². The second kappa shape index (κ2) is 11.1. The van der Waals surface area contributed by atoms with E-state index in [1.807, 2.05) is 0 Å². The lowest BCUT2D eigenvalue weighted by atomic mass is 9.90. The molecule has 0 spiro atoms. The summed E-state index contributed by atoms with van der Waals surface area (Å²) in [6.45, 7) is 5.48. The molecule has 1 fully saturated rings. The molecule has 16 heteroatoms. The number of para-hydroxylation sites is 2. The number of methoxy groups -OCH3 is 1. The van der Waals surface area contributed by atoms with Crippen LogP contribution in [0.3, 0.4) is 0 Å². The molecule has 1 aliphatic heterocycles. The number of ether oxygens (including phenoxy) is 3. The van der Waals surface area contributed by atoms with Crippen molar-refractivity contribution < 1.29 is 43.0 Å². The summed E-state index contributed by atoms with van der Waals surface area (Å²) in [5.74, 6) is -1.62. The van der Waals surface area contributed by atoms with Crippen LogP contribution in [-0.4, -0.2) is 72.8 Å². The van der Waals surface area contributed by atoms with E-state index in [1.165, 1.54) is 44.0 Å². The highest BCUT2D eigenvalue weighted by atomic mass is 31.1. The zero-order valence-corrected chi connectivity index (χ0v) is 23.3. The number of alkyl halides is 1. The van der Waals surface area contributed by atoms with Crippen LogP contribution in [0, 0.1) is 5.92 Å². The summed E-state index contributed by atoms with van der Waals surface area (Å²) < 4.78 is 43.2. The Kier molecular flexibility index (Phi) is 8.13. The van der Waals surface area contributed by atoms with Crippen LogP contribution in [0.1, 0.15) is 33.9 Å². The molecule has 0 saturated carbocycles. The molecule has 0 amide bonds. The van der Waals surface area contributed by atoms with Crippen LogP contribution in [0.4, 0.5) is 10.3 Å². The Morgan fingerprint density at radius 3 is 2.67 bits per heavy atom. The molecule has 40 heavy (non-hydrogen) atoms. The van der Waals surface area contributed by atoms with Gasteiger partial charge in [-0.05, 0) is 31.9 Å². The number of nitrogens with two attached hydrogens (primary N) is 1. The average molecular weight is 581 g/mol. The van der Waals surface area contributed by atoms with E-state index in [1.54, 1.807) is 26.0 Å². The number of hydrogen-bond acceptors (Lipinski definition) is 12. The third kappa shape index (κ3) is 5.37. The van der Waals surface area contributed by atoms with Gasteiger partial charge >= 0.3 is 14.1 Å². The van der Waals surface area contributed by atoms with Crippen LogP contribution < -0.4 is 24.6 Å². The molecule has 2 aromatic heterocycles. The number of aromatic nitrogens is 4. The molecule has 4 rings (SSSR count). The number of fused-ring (bicyclic) bond motifs is 1. The fraction of sp³-hybridized carbons (Fsp3) is 0.500. The van der Waals surface area contributed by atoms with Gasteiger partial charge in [0.2, 0.25) is 23.1 Å². The fourth-order valence-electron chi connectivity index (χ4n) is 4.07. The van der Waals surface area contributed by atoms with Crippen molar-refractivity contribution in [2.24, 2.45) is 10.7 Å². The van der Waals surface area contributed by atoms with Crippen molar-refractivity contribution in [2.45, 2.75) is 57.3 Å². The number of imidazole rings is 1. The number of rotatable bonds is 10. The van der Waals surface area contributed by atoms with E-state index >= 15 is 4.39 Å². The van der Waals surface area contributed by atoms with Crippen molar-refractivity contribution >= 4 is 31.2 Å². The minimum absolute atomic E-state index is 0.00998. The van der Waals surface area contributed by atoms with Gasteiger partial charge in [-0.3, -0.25) is 9.09 Å². The Labute approximate surface area is 229 Å². The van der Waals surface area contributed by atoms with Crippen molar-refractivity contribution in [3.8, 4) is 17.4 Å². The average Bonchev–Trinajstić information content (AvgIpc) is 3.40. The summed E-state index contributed by atoms with van der Waals surface area (Å²) >= 11 is 0. The highest BCUT2D eigenvalue weighted by Gasteiger charge is 2.55. The molecule has 6 atom stereocenters. The van der Waals surface area contributed by atoms with Gasteiger partial charge in [0.05, 0.1) is 13.4 Å². The molecule has 1 unspecified atom stereocenters. The van der Waals surface area contributed by atoms with Gasteiger partial charge in [-0.15, -0.1) is 0 Å². The molecule has 0 radical (unpaired) electrons. The van der Waals surface area contributed by atoms with Gasteiger partial charge in [0.1, 0.15) is 18.8 Å². The number of nitrogens with zero attached hydrogens (tertiary/aromatic N) is 5. The van der Waals surface area contributed by atoms with Crippen molar-refractivity contribution in [1.82, 2.24) is 19.5 Å². The minimum atomic E-state index is -2.80. The maximum Gasteiger partial charge on any atom is 0.395 e. The fourth-order valence-corrected chi connectivity index (χ4v) is 5.08. The first-order valence-electron chi connectivity index (χ1n) is 12.2. The molecule has 216 valence electrons. The van der Waals surface area contributed by atoms with E-state index in [0.717, 1.165) is 0 Å². The number of aliphatic carboxylic acids is 1. The topological polar surface area (TPSA) is 199 Å². The number of anilines is 1. The minimum Gasteiger partial charge on any atom is -0.575 e. The highest BCUT2D eigenvalue weighted by Crippen LogP contribution is 2.43. The molecule has 3 heterocycles. The Morgan fingerprint density at radius 1 is 1.38 bits per heavy atom. The maximum atomic E-state index is 15.8. The first kappa shape index (κ1) is 29.3. The summed E-state index contributed by atoms with van der Waals surface area (Å²) in [4.78, 5) is 36.6. The molecule has 3 aromatic rings. The summed E-state index contributed by atoms with van der Waals surface area (Å²) in [6.07, 6.45) is -2.85. The second-order valence-corrected chi connectivity index (χ2v) is 10.7. The van der Waals surface area contributed by atoms with Crippen molar-refractivity contribution in [3.05, 3.63) is 30.6 Å². The van der Waals surface area contributed by atoms with Crippen LogP contribution in [0.15, 0.2) is 35.3 Å². The first-order chi connectivity index (χ1) is 18.8. The number of carboxylic acid groups (broad SMARTS) is 1. The van der Waals surface area contributed by atoms with Crippen LogP contribution >= 0.6 is 8.17 Å².